The topological polar surface area (TPSA) is 49.4 Å². The summed E-state index contributed by atoms with van der Waals surface area (Å²) < 4.78 is 0. The third-order valence-corrected chi connectivity index (χ3v) is 3.78. The van der Waals surface area contributed by atoms with E-state index in [0.29, 0.717) is 13.1 Å². The van der Waals surface area contributed by atoms with Gasteiger partial charge in [-0.15, -0.1) is 0 Å². The van der Waals surface area contributed by atoms with Crippen molar-refractivity contribution in [2.45, 2.75) is 26.7 Å². The lowest BCUT2D eigenvalue weighted by Gasteiger charge is -2.30. The second kappa shape index (κ2) is 6.66. The van der Waals surface area contributed by atoms with Crippen molar-refractivity contribution >= 4 is 17.4 Å². The van der Waals surface area contributed by atoms with Gasteiger partial charge in [0.15, 0.2) is 0 Å². The molecule has 4 heteroatoms. The number of ketones is 1. The number of rotatable bonds is 4. The first kappa shape index (κ1) is 14.7. The van der Waals surface area contributed by atoms with Crippen LogP contribution in [0.15, 0.2) is 24.3 Å². The first-order valence-corrected chi connectivity index (χ1v) is 7.14. The second-order valence-corrected chi connectivity index (χ2v) is 5.60. The molecule has 1 aromatic carbocycles. The Hall–Kier alpha value is -1.68. The lowest BCUT2D eigenvalue weighted by atomic mass is 9.95. The van der Waals surface area contributed by atoms with Crippen LogP contribution in [0.3, 0.4) is 0 Å². The molecule has 1 unspecified atom stereocenters. The Labute approximate surface area is 120 Å². The van der Waals surface area contributed by atoms with Crippen LogP contribution in [0.25, 0.3) is 0 Å². The van der Waals surface area contributed by atoms with Crippen molar-refractivity contribution in [2.75, 3.05) is 25.0 Å². The number of Topliss-reactive ketones (excluding diaryl/α,β-unsaturated/α-hetero) is 1. The lowest BCUT2D eigenvalue weighted by Crippen LogP contribution is -2.42. The van der Waals surface area contributed by atoms with Crippen molar-refractivity contribution in [3.63, 3.8) is 0 Å². The van der Waals surface area contributed by atoms with Crippen LogP contribution in [0.5, 0.6) is 0 Å². The molecule has 0 saturated carbocycles. The van der Waals surface area contributed by atoms with Gasteiger partial charge < -0.3 is 5.32 Å². The van der Waals surface area contributed by atoms with Gasteiger partial charge in [0.1, 0.15) is 5.78 Å². The first-order chi connectivity index (χ1) is 9.54. The van der Waals surface area contributed by atoms with E-state index < -0.39 is 0 Å². The van der Waals surface area contributed by atoms with Gasteiger partial charge in [-0.3, -0.25) is 14.5 Å². The van der Waals surface area contributed by atoms with E-state index >= 15 is 0 Å². The van der Waals surface area contributed by atoms with Crippen molar-refractivity contribution in [3.8, 4) is 0 Å². The summed E-state index contributed by atoms with van der Waals surface area (Å²) in [7, 11) is 0. The van der Waals surface area contributed by atoms with Crippen molar-refractivity contribution in [1.29, 1.82) is 0 Å². The molecule has 0 spiro atoms. The fraction of sp³-hybridized carbons (Fsp3) is 0.500. The van der Waals surface area contributed by atoms with Crippen molar-refractivity contribution in [1.82, 2.24) is 4.90 Å². The van der Waals surface area contributed by atoms with Crippen LogP contribution in [0.1, 0.15) is 25.3 Å². The molecule has 1 heterocycles. The van der Waals surface area contributed by atoms with E-state index in [0.717, 1.165) is 25.1 Å². The molecular weight excluding hydrogens is 252 g/mol. The highest BCUT2D eigenvalue weighted by Gasteiger charge is 2.24. The molecule has 0 radical (unpaired) electrons. The molecule has 108 valence electrons. The van der Waals surface area contributed by atoms with Gasteiger partial charge in [-0.2, -0.15) is 0 Å². The molecule has 1 fully saturated rings. The minimum atomic E-state index is -0.0157. The molecule has 2 rings (SSSR count). The highest BCUT2D eigenvalue weighted by atomic mass is 16.2. The maximum atomic E-state index is 12.0. The molecule has 0 bridgehead atoms. The molecule has 1 aliphatic heterocycles. The van der Waals surface area contributed by atoms with E-state index in [4.69, 9.17) is 0 Å². The summed E-state index contributed by atoms with van der Waals surface area (Å²) >= 11 is 0. The van der Waals surface area contributed by atoms with Crippen molar-refractivity contribution in [3.05, 3.63) is 29.8 Å². The van der Waals surface area contributed by atoms with Crippen LogP contribution in [-0.4, -0.2) is 36.2 Å². The predicted molar refractivity (Wildman–Crippen MR) is 79.7 cm³/mol. The maximum Gasteiger partial charge on any atom is 0.238 e. The highest BCUT2D eigenvalue weighted by molar-refractivity contribution is 5.92. The summed E-state index contributed by atoms with van der Waals surface area (Å²) in [4.78, 5) is 25.5. The van der Waals surface area contributed by atoms with Crippen molar-refractivity contribution < 1.29 is 9.59 Å². The zero-order valence-corrected chi connectivity index (χ0v) is 12.2. The van der Waals surface area contributed by atoms with Crippen LogP contribution in [0.2, 0.25) is 0 Å². The molecule has 1 atom stereocenters. The Balaban J connectivity index is 1.85. The van der Waals surface area contributed by atoms with E-state index in [9.17, 15) is 9.59 Å². The molecule has 0 aliphatic carbocycles. The number of nitrogens with one attached hydrogen (secondary N) is 1. The van der Waals surface area contributed by atoms with E-state index in [1.807, 2.05) is 31.2 Å². The van der Waals surface area contributed by atoms with E-state index in [1.165, 1.54) is 5.56 Å². The van der Waals surface area contributed by atoms with E-state index in [1.54, 1.807) is 6.92 Å². The number of benzene rings is 1. The number of aryl methyl sites for hydroxylation is 1. The fourth-order valence-corrected chi connectivity index (χ4v) is 2.57. The van der Waals surface area contributed by atoms with Gasteiger partial charge in [0.2, 0.25) is 5.91 Å². The number of hydrogen-bond donors (Lipinski definition) is 1. The number of hydrogen-bond acceptors (Lipinski definition) is 3. The van der Waals surface area contributed by atoms with Gasteiger partial charge in [0.05, 0.1) is 6.54 Å². The minimum Gasteiger partial charge on any atom is -0.325 e. The Morgan fingerprint density at radius 2 is 2.00 bits per heavy atom. The van der Waals surface area contributed by atoms with Gasteiger partial charge in [-0.1, -0.05) is 17.7 Å². The summed E-state index contributed by atoms with van der Waals surface area (Å²) in [6.07, 6.45) is 1.94. The zero-order valence-electron chi connectivity index (χ0n) is 12.2. The Bertz CT molecular complexity index is 482. The summed E-state index contributed by atoms with van der Waals surface area (Å²) in [5.41, 5.74) is 1.99. The summed E-state index contributed by atoms with van der Waals surface area (Å²) in [6, 6.07) is 7.76. The fourth-order valence-electron chi connectivity index (χ4n) is 2.57. The van der Waals surface area contributed by atoms with Gasteiger partial charge >= 0.3 is 0 Å². The number of carbonyl (C=O) groups is 2. The molecule has 1 N–H and O–H groups in total. The van der Waals surface area contributed by atoms with E-state index in [2.05, 4.69) is 10.2 Å². The third-order valence-electron chi connectivity index (χ3n) is 3.78. The summed E-state index contributed by atoms with van der Waals surface area (Å²) in [6.45, 7) is 5.61. The van der Waals surface area contributed by atoms with Crippen LogP contribution >= 0.6 is 0 Å². The molecule has 20 heavy (non-hydrogen) atoms. The largest absolute Gasteiger partial charge is 0.325 e. The monoisotopic (exact) mass is 274 g/mol. The minimum absolute atomic E-state index is 0.0157. The Morgan fingerprint density at radius 1 is 1.30 bits per heavy atom. The smallest absolute Gasteiger partial charge is 0.238 e. The highest BCUT2D eigenvalue weighted by Crippen LogP contribution is 2.17. The average molecular weight is 274 g/mol. The van der Waals surface area contributed by atoms with Gasteiger partial charge in [-0.05, 0) is 45.4 Å². The normalized spacial score (nSPS) is 19.6. The number of nitrogens with zero attached hydrogens (tertiary/aromatic N) is 1. The average Bonchev–Trinajstić information content (AvgIpc) is 2.41. The number of piperidine rings is 1. The SMILES string of the molecule is CC(=O)C1CCCN(CC(=O)Nc2ccc(C)cc2)C1. The first-order valence-electron chi connectivity index (χ1n) is 7.14. The molecule has 1 aliphatic rings. The van der Waals surface area contributed by atoms with Crippen LogP contribution < -0.4 is 5.32 Å². The molecule has 4 nitrogen and oxygen atoms in total. The Kier molecular flexibility index (Phi) is 4.90. The number of anilines is 1. The van der Waals surface area contributed by atoms with Crippen LogP contribution in [0, 0.1) is 12.8 Å². The zero-order chi connectivity index (χ0) is 14.5. The van der Waals surface area contributed by atoms with Gasteiger partial charge in [0.25, 0.3) is 0 Å². The Morgan fingerprint density at radius 3 is 2.65 bits per heavy atom. The van der Waals surface area contributed by atoms with Crippen LogP contribution in [0.4, 0.5) is 5.69 Å². The molecule has 1 aromatic rings. The van der Waals surface area contributed by atoms with E-state index in [-0.39, 0.29) is 17.6 Å². The quantitative estimate of drug-likeness (QED) is 0.916. The maximum absolute atomic E-state index is 12.0. The van der Waals surface area contributed by atoms with Gasteiger partial charge in [-0.25, -0.2) is 0 Å². The molecule has 1 saturated heterocycles. The predicted octanol–water partition coefficient (Wildman–Crippen LogP) is 2.23. The summed E-state index contributed by atoms with van der Waals surface area (Å²) in [5.74, 6) is 0.308. The third kappa shape index (κ3) is 4.17. The van der Waals surface area contributed by atoms with Crippen molar-refractivity contribution in [2.24, 2.45) is 5.92 Å². The second-order valence-electron chi connectivity index (χ2n) is 5.60. The van der Waals surface area contributed by atoms with Gasteiger partial charge in [0, 0.05) is 18.2 Å². The number of likely N-dealkylation sites (tertiary alicyclic amines) is 1. The standard InChI is InChI=1S/C16H22N2O2/c1-12-5-7-15(8-6-12)17-16(20)11-18-9-3-4-14(10-18)13(2)19/h5-8,14H,3-4,9-11H2,1-2H3,(H,17,20). The van der Waals surface area contributed by atoms with Crippen LogP contribution in [-0.2, 0) is 9.59 Å². The number of amides is 1. The lowest BCUT2D eigenvalue weighted by molar-refractivity contribution is -0.124. The molecular formula is C16H22N2O2. The number of carbonyl (C=O) groups excluding carboxylic acids is 2. The summed E-state index contributed by atoms with van der Waals surface area (Å²) in [5, 5.41) is 2.89. The molecule has 1 amide bonds. The molecule has 0 aromatic heterocycles.